The van der Waals surface area contributed by atoms with Crippen molar-refractivity contribution in [3.05, 3.63) is 35.0 Å². The van der Waals surface area contributed by atoms with Gasteiger partial charge in [-0.3, -0.25) is 0 Å². The number of esters is 1. The molecule has 1 aliphatic heterocycles. The monoisotopic (exact) mass is 387 g/mol. The number of aromatic nitrogens is 4. The number of nitrogens with zero attached hydrogens (tertiary/aromatic N) is 4. The van der Waals surface area contributed by atoms with E-state index < -0.39 is 6.04 Å². The van der Waals surface area contributed by atoms with Crippen molar-refractivity contribution in [2.24, 2.45) is 0 Å². The van der Waals surface area contributed by atoms with Crippen molar-refractivity contribution < 1.29 is 19.0 Å². The van der Waals surface area contributed by atoms with Crippen molar-refractivity contribution in [2.45, 2.75) is 39.2 Å². The van der Waals surface area contributed by atoms with Crippen LogP contribution in [-0.4, -0.2) is 47.0 Å². The molecule has 1 aliphatic rings. The molecule has 2 heterocycles. The molecule has 9 heteroatoms. The molecule has 9 nitrogen and oxygen atoms in total. The van der Waals surface area contributed by atoms with Gasteiger partial charge in [-0.25, -0.2) is 4.79 Å². The summed E-state index contributed by atoms with van der Waals surface area (Å²) in [6, 6.07) is 4.93. The molecule has 0 unspecified atom stereocenters. The number of carbonyl (C=O) groups is 1. The molecule has 0 spiro atoms. The number of methoxy groups -OCH3 is 2. The summed E-state index contributed by atoms with van der Waals surface area (Å²) in [7, 11) is 3.14. The zero-order chi connectivity index (χ0) is 20.1. The quantitative estimate of drug-likeness (QED) is 0.545. The topological polar surface area (TPSA) is 100 Å². The molecule has 28 heavy (non-hydrogen) atoms. The molecule has 0 saturated heterocycles. The van der Waals surface area contributed by atoms with Gasteiger partial charge >= 0.3 is 5.97 Å². The second kappa shape index (κ2) is 8.73. The van der Waals surface area contributed by atoms with Gasteiger partial charge < -0.3 is 19.5 Å². The first-order chi connectivity index (χ1) is 13.6. The Morgan fingerprint density at radius 3 is 2.71 bits per heavy atom. The number of hydrogen-bond acceptors (Lipinski definition) is 8. The lowest BCUT2D eigenvalue weighted by atomic mass is 9.95. The van der Waals surface area contributed by atoms with Gasteiger partial charge in [0.25, 0.3) is 0 Å². The highest BCUT2D eigenvalue weighted by molar-refractivity contribution is 5.92. The molecule has 2 aromatic rings. The summed E-state index contributed by atoms with van der Waals surface area (Å²) in [4.78, 5) is 12.9. The van der Waals surface area contributed by atoms with Crippen molar-refractivity contribution in [1.82, 2.24) is 20.2 Å². The number of nitrogens with one attached hydrogen (secondary N) is 1. The molecule has 0 aliphatic carbocycles. The van der Waals surface area contributed by atoms with Gasteiger partial charge in [0, 0.05) is 5.70 Å². The van der Waals surface area contributed by atoms with E-state index in [-0.39, 0.29) is 5.97 Å². The van der Waals surface area contributed by atoms with Crippen LogP contribution in [0.5, 0.6) is 11.5 Å². The van der Waals surface area contributed by atoms with Crippen LogP contribution in [0.25, 0.3) is 0 Å². The van der Waals surface area contributed by atoms with Crippen LogP contribution in [0.3, 0.4) is 0 Å². The van der Waals surface area contributed by atoms with Crippen LogP contribution in [-0.2, 0) is 9.53 Å². The van der Waals surface area contributed by atoms with Gasteiger partial charge in [-0.15, -0.1) is 0 Å². The lowest BCUT2D eigenvalue weighted by Gasteiger charge is -2.27. The fraction of sp³-hybridized carbons (Fsp3) is 0.474. The normalized spacial score (nSPS) is 15.6. The third-order valence-corrected chi connectivity index (χ3v) is 4.64. The highest BCUT2D eigenvalue weighted by Gasteiger charge is 2.35. The second-order valence-corrected chi connectivity index (χ2v) is 6.47. The molecule has 0 bridgehead atoms. The van der Waals surface area contributed by atoms with Gasteiger partial charge in [-0.1, -0.05) is 30.9 Å². The molecule has 1 atom stereocenters. The standard InChI is InChI=1S/C19H25N5O4/c1-5-6-7-10-28-18(25)16-12(2)20-19-21-22-23-24(19)17(16)13-8-9-14(26-3)15(11-13)27-4/h8-9,11,17H,5-7,10H2,1-4H3,(H,20,21,23)/t17-/m1/s1. The summed E-state index contributed by atoms with van der Waals surface area (Å²) < 4.78 is 17.8. The predicted octanol–water partition coefficient (Wildman–Crippen LogP) is 2.71. The average Bonchev–Trinajstić information content (AvgIpc) is 3.17. The van der Waals surface area contributed by atoms with E-state index in [0.29, 0.717) is 35.3 Å². The Hall–Kier alpha value is -3.10. The molecular formula is C19H25N5O4. The molecule has 0 fully saturated rings. The van der Waals surface area contributed by atoms with E-state index in [1.807, 2.05) is 19.1 Å². The van der Waals surface area contributed by atoms with Gasteiger partial charge in [-0.05, 0) is 41.5 Å². The molecule has 150 valence electrons. The maximum absolute atomic E-state index is 12.9. The summed E-state index contributed by atoms with van der Waals surface area (Å²) in [5.41, 5.74) is 1.90. The highest BCUT2D eigenvalue weighted by Crippen LogP contribution is 2.38. The fourth-order valence-corrected chi connectivity index (χ4v) is 3.20. The third-order valence-electron chi connectivity index (χ3n) is 4.64. The Kier molecular flexibility index (Phi) is 6.13. The second-order valence-electron chi connectivity index (χ2n) is 6.47. The molecule has 0 saturated carbocycles. The summed E-state index contributed by atoms with van der Waals surface area (Å²) >= 11 is 0. The number of ether oxygens (including phenoxy) is 3. The van der Waals surface area contributed by atoms with Crippen molar-refractivity contribution in [3.8, 4) is 11.5 Å². The number of hydrogen-bond donors (Lipinski definition) is 1. The first-order valence-corrected chi connectivity index (χ1v) is 9.25. The summed E-state index contributed by atoms with van der Waals surface area (Å²) in [5, 5.41) is 14.9. The summed E-state index contributed by atoms with van der Waals surface area (Å²) in [6.07, 6.45) is 2.90. The largest absolute Gasteiger partial charge is 0.493 e. The lowest BCUT2D eigenvalue weighted by molar-refractivity contribution is -0.139. The van der Waals surface area contributed by atoms with Crippen LogP contribution in [0.15, 0.2) is 29.5 Å². The molecule has 0 radical (unpaired) electrons. The maximum atomic E-state index is 12.9. The Bertz CT molecular complexity index is 877. The third kappa shape index (κ3) is 3.78. The number of allylic oxidation sites excluding steroid dienone is 1. The molecular weight excluding hydrogens is 362 g/mol. The van der Waals surface area contributed by atoms with E-state index in [2.05, 4.69) is 27.8 Å². The van der Waals surface area contributed by atoms with Gasteiger partial charge in [0.05, 0.1) is 26.4 Å². The zero-order valence-electron chi connectivity index (χ0n) is 16.6. The van der Waals surface area contributed by atoms with Crippen LogP contribution in [0, 0.1) is 0 Å². The van der Waals surface area contributed by atoms with Crippen LogP contribution in [0.1, 0.15) is 44.7 Å². The number of anilines is 1. The van der Waals surface area contributed by atoms with E-state index in [4.69, 9.17) is 14.2 Å². The van der Waals surface area contributed by atoms with E-state index in [9.17, 15) is 4.79 Å². The van der Waals surface area contributed by atoms with E-state index in [1.54, 1.807) is 25.0 Å². The number of rotatable bonds is 8. The van der Waals surface area contributed by atoms with Crippen LogP contribution < -0.4 is 14.8 Å². The van der Waals surface area contributed by atoms with Crippen molar-refractivity contribution in [1.29, 1.82) is 0 Å². The van der Waals surface area contributed by atoms with E-state index >= 15 is 0 Å². The number of benzene rings is 1. The minimum Gasteiger partial charge on any atom is -0.493 e. The van der Waals surface area contributed by atoms with Crippen LogP contribution in [0.2, 0.25) is 0 Å². The van der Waals surface area contributed by atoms with Crippen molar-refractivity contribution in [3.63, 3.8) is 0 Å². The summed E-state index contributed by atoms with van der Waals surface area (Å²) in [6.45, 7) is 4.30. The Morgan fingerprint density at radius 1 is 1.21 bits per heavy atom. The average molecular weight is 387 g/mol. The smallest absolute Gasteiger partial charge is 0.338 e. The Labute approximate surface area is 163 Å². The number of unbranched alkanes of at least 4 members (excludes halogenated alkanes) is 2. The SMILES string of the molecule is CCCCCOC(=O)C1=C(C)Nc2nnnn2[C@@H]1c1ccc(OC)c(OC)c1. The minimum atomic E-state index is -0.537. The lowest BCUT2D eigenvalue weighted by Crippen LogP contribution is -2.30. The molecule has 1 aromatic carbocycles. The zero-order valence-corrected chi connectivity index (χ0v) is 16.6. The number of fused-ring (bicyclic) bond motifs is 1. The van der Waals surface area contributed by atoms with Crippen LogP contribution >= 0.6 is 0 Å². The van der Waals surface area contributed by atoms with Crippen molar-refractivity contribution in [2.75, 3.05) is 26.1 Å². The first-order valence-electron chi connectivity index (χ1n) is 9.25. The van der Waals surface area contributed by atoms with Crippen molar-refractivity contribution >= 4 is 11.9 Å². The Balaban J connectivity index is 1.99. The van der Waals surface area contributed by atoms with E-state index in [1.165, 1.54) is 0 Å². The molecule has 1 N–H and O–H groups in total. The number of tetrazole rings is 1. The predicted molar refractivity (Wildman–Crippen MR) is 102 cm³/mol. The van der Waals surface area contributed by atoms with Gasteiger partial charge in [-0.2, -0.15) is 4.68 Å². The fourth-order valence-electron chi connectivity index (χ4n) is 3.20. The number of carbonyl (C=O) groups excluding carboxylic acids is 1. The molecule has 0 amide bonds. The summed E-state index contributed by atoms with van der Waals surface area (Å²) in [5.74, 6) is 1.23. The van der Waals surface area contributed by atoms with E-state index in [0.717, 1.165) is 24.8 Å². The van der Waals surface area contributed by atoms with Gasteiger partial charge in [0.1, 0.15) is 6.04 Å². The van der Waals surface area contributed by atoms with Gasteiger partial charge in [0.15, 0.2) is 11.5 Å². The molecule has 3 rings (SSSR count). The highest BCUT2D eigenvalue weighted by atomic mass is 16.5. The molecule has 1 aromatic heterocycles. The van der Waals surface area contributed by atoms with Crippen LogP contribution in [0.4, 0.5) is 5.95 Å². The minimum absolute atomic E-state index is 0.380. The van der Waals surface area contributed by atoms with Gasteiger partial charge in [0.2, 0.25) is 5.95 Å². The Morgan fingerprint density at radius 2 is 2.00 bits per heavy atom. The first kappa shape index (κ1) is 19.7. The maximum Gasteiger partial charge on any atom is 0.338 e.